The third-order valence-electron chi connectivity index (χ3n) is 1.92. The number of aryl methyl sites for hydroxylation is 1. The van der Waals surface area contributed by atoms with Crippen molar-refractivity contribution in [3.63, 3.8) is 0 Å². The second-order valence-electron chi connectivity index (χ2n) is 3.06. The summed E-state index contributed by atoms with van der Waals surface area (Å²) in [7, 11) is 0. The van der Waals surface area contributed by atoms with Crippen molar-refractivity contribution in [3.05, 3.63) is 35.9 Å². The molecule has 2 aromatic rings. The van der Waals surface area contributed by atoms with Crippen molar-refractivity contribution in [2.45, 2.75) is 13.8 Å². The van der Waals surface area contributed by atoms with Gasteiger partial charge in [0.2, 0.25) is 0 Å². The Morgan fingerprint density at radius 2 is 1.93 bits per heavy atom. The van der Waals surface area contributed by atoms with Gasteiger partial charge in [-0.2, -0.15) is 0 Å². The highest BCUT2D eigenvalue weighted by molar-refractivity contribution is 9.09. The number of alkyl halides is 1. The number of aromatic nitrogens is 1. The molecule has 2 rings (SSSR count). The van der Waals surface area contributed by atoms with Crippen LogP contribution in [-0.4, -0.2) is 10.3 Å². The highest BCUT2D eigenvalue weighted by Gasteiger charge is 1.98. The van der Waals surface area contributed by atoms with Gasteiger partial charge in [-0.15, -0.1) is 0 Å². The number of halogens is 1. The van der Waals surface area contributed by atoms with Crippen LogP contribution in [0.1, 0.15) is 12.5 Å². The van der Waals surface area contributed by atoms with Gasteiger partial charge in [0.25, 0.3) is 5.88 Å². The van der Waals surface area contributed by atoms with Gasteiger partial charge >= 0.3 is 0 Å². The lowest BCUT2D eigenvalue weighted by Crippen LogP contribution is -1.80. The fourth-order valence-corrected chi connectivity index (χ4v) is 1.29. The Bertz CT molecular complexity index is 443. The summed E-state index contributed by atoms with van der Waals surface area (Å²) in [6, 6.07) is 9.08. The van der Waals surface area contributed by atoms with E-state index in [0.717, 1.165) is 21.8 Å². The number of nitrogens with zero attached hydrogens (tertiary/aromatic N) is 1. The fraction of sp³-hybridized carbons (Fsp3) is 0.250. The SMILES string of the molecule is CCBr.Cc1cccc2nc([O])ccc12. The number of benzene rings is 1. The summed E-state index contributed by atoms with van der Waals surface area (Å²) < 4.78 is 0. The molecular formula is C12H13BrNO. The molecule has 0 saturated carbocycles. The Labute approximate surface area is 98.1 Å². The van der Waals surface area contributed by atoms with Crippen molar-refractivity contribution in [1.29, 1.82) is 0 Å². The van der Waals surface area contributed by atoms with E-state index in [1.165, 1.54) is 6.07 Å². The summed E-state index contributed by atoms with van der Waals surface area (Å²) in [5.41, 5.74) is 1.93. The summed E-state index contributed by atoms with van der Waals surface area (Å²) >= 11 is 3.15. The minimum absolute atomic E-state index is 0.173. The molecule has 0 atom stereocenters. The summed E-state index contributed by atoms with van der Waals surface area (Å²) in [6.45, 7) is 4.05. The van der Waals surface area contributed by atoms with Crippen molar-refractivity contribution in [2.24, 2.45) is 0 Å². The van der Waals surface area contributed by atoms with E-state index in [9.17, 15) is 5.11 Å². The molecule has 0 spiro atoms. The van der Waals surface area contributed by atoms with Gasteiger partial charge in [-0.1, -0.05) is 35.0 Å². The van der Waals surface area contributed by atoms with Crippen LogP contribution in [0.2, 0.25) is 0 Å². The van der Waals surface area contributed by atoms with Crippen molar-refractivity contribution >= 4 is 26.8 Å². The van der Waals surface area contributed by atoms with E-state index in [1.807, 2.05) is 38.1 Å². The number of hydrogen-bond acceptors (Lipinski definition) is 1. The van der Waals surface area contributed by atoms with Gasteiger partial charge in [0.05, 0.1) is 5.52 Å². The van der Waals surface area contributed by atoms with Gasteiger partial charge in [-0.25, -0.2) is 4.98 Å². The monoisotopic (exact) mass is 266 g/mol. The van der Waals surface area contributed by atoms with Crippen molar-refractivity contribution in [1.82, 2.24) is 4.98 Å². The smallest absolute Gasteiger partial charge is 0.267 e. The normalized spacial score (nSPS) is 9.53. The van der Waals surface area contributed by atoms with E-state index in [-0.39, 0.29) is 5.88 Å². The maximum Gasteiger partial charge on any atom is 0.270 e. The lowest BCUT2D eigenvalue weighted by Gasteiger charge is -1.98. The third kappa shape index (κ3) is 3.20. The minimum Gasteiger partial charge on any atom is -0.267 e. The molecule has 1 aromatic heterocycles. The Kier molecular flexibility index (Phi) is 4.56. The quantitative estimate of drug-likeness (QED) is 0.662. The molecule has 0 aliphatic carbocycles. The van der Waals surface area contributed by atoms with Crippen LogP contribution in [0.4, 0.5) is 0 Å². The van der Waals surface area contributed by atoms with Crippen molar-refractivity contribution < 1.29 is 5.11 Å². The molecule has 0 N–H and O–H groups in total. The second-order valence-corrected chi connectivity index (χ2v) is 4.18. The summed E-state index contributed by atoms with van der Waals surface area (Å²) in [4.78, 5) is 3.88. The molecule has 2 nitrogen and oxygen atoms in total. The summed E-state index contributed by atoms with van der Waals surface area (Å²) in [5.74, 6) is -0.173. The van der Waals surface area contributed by atoms with E-state index >= 15 is 0 Å². The van der Waals surface area contributed by atoms with Gasteiger partial charge in [-0.3, -0.25) is 5.11 Å². The lowest BCUT2D eigenvalue weighted by molar-refractivity contribution is 0.339. The zero-order chi connectivity index (χ0) is 11.3. The Balaban J connectivity index is 0.000000337. The molecular weight excluding hydrogens is 254 g/mol. The molecule has 0 aliphatic rings. The lowest BCUT2D eigenvalue weighted by atomic mass is 10.1. The van der Waals surface area contributed by atoms with E-state index in [2.05, 4.69) is 20.9 Å². The van der Waals surface area contributed by atoms with E-state index in [4.69, 9.17) is 0 Å². The number of hydrogen-bond donors (Lipinski definition) is 0. The minimum atomic E-state index is -0.173. The molecule has 0 fully saturated rings. The van der Waals surface area contributed by atoms with E-state index in [1.54, 1.807) is 0 Å². The average Bonchev–Trinajstić information content (AvgIpc) is 2.19. The number of fused-ring (bicyclic) bond motifs is 1. The van der Waals surface area contributed by atoms with E-state index < -0.39 is 0 Å². The van der Waals surface area contributed by atoms with Gasteiger partial charge in [0, 0.05) is 16.8 Å². The fourth-order valence-electron chi connectivity index (χ4n) is 1.29. The van der Waals surface area contributed by atoms with Crippen LogP contribution in [0.15, 0.2) is 30.3 Å². The number of pyridine rings is 1. The predicted molar refractivity (Wildman–Crippen MR) is 66.1 cm³/mol. The van der Waals surface area contributed by atoms with Crippen LogP contribution in [0.25, 0.3) is 10.9 Å². The topological polar surface area (TPSA) is 32.8 Å². The third-order valence-corrected chi connectivity index (χ3v) is 1.92. The van der Waals surface area contributed by atoms with Gasteiger partial charge in [0.1, 0.15) is 0 Å². The number of rotatable bonds is 0. The summed E-state index contributed by atoms with van der Waals surface area (Å²) in [5, 5.41) is 13.0. The Morgan fingerprint density at radius 3 is 2.60 bits per heavy atom. The maximum absolute atomic E-state index is 10.9. The first-order chi connectivity index (χ1) is 7.19. The molecule has 79 valence electrons. The van der Waals surface area contributed by atoms with Crippen LogP contribution in [-0.2, 0) is 5.11 Å². The molecule has 15 heavy (non-hydrogen) atoms. The standard InChI is InChI=1S/C10H8NO.C2H5Br/c1-7-3-2-4-9-8(7)5-6-10(12)11-9;1-2-3/h2-6H,1H3;2H2,1H3. The highest BCUT2D eigenvalue weighted by Crippen LogP contribution is 2.18. The first kappa shape index (κ1) is 12.0. The van der Waals surface area contributed by atoms with Gasteiger partial charge < -0.3 is 0 Å². The van der Waals surface area contributed by atoms with Gasteiger partial charge in [-0.05, 0) is 24.6 Å². The molecule has 0 bridgehead atoms. The largest absolute Gasteiger partial charge is 0.270 e. The second kappa shape index (κ2) is 5.71. The first-order valence-corrected chi connectivity index (χ1v) is 5.90. The predicted octanol–water partition coefficient (Wildman–Crippen LogP) is 4.09. The summed E-state index contributed by atoms with van der Waals surface area (Å²) in [6.07, 6.45) is 0. The van der Waals surface area contributed by atoms with E-state index in [0.29, 0.717) is 0 Å². The zero-order valence-corrected chi connectivity index (χ0v) is 10.4. The van der Waals surface area contributed by atoms with Crippen LogP contribution in [0.3, 0.4) is 0 Å². The molecule has 0 amide bonds. The zero-order valence-electron chi connectivity index (χ0n) is 8.83. The molecule has 1 radical (unpaired) electrons. The molecule has 1 heterocycles. The van der Waals surface area contributed by atoms with Crippen LogP contribution < -0.4 is 0 Å². The highest BCUT2D eigenvalue weighted by atomic mass is 79.9. The Morgan fingerprint density at radius 1 is 1.27 bits per heavy atom. The van der Waals surface area contributed by atoms with Crippen molar-refractivity contribution in [2.75, 3.05) is 5.33 Å². The molecule has 3 heteroatoms. The maximum atomic E-state index is 10.9. The van der Waals surface area contributed by atoms with Crippen LogP contribution >= 0.6 is 15.9 Å². The Hall–Kier alpha value is -1.09. The van der Waals surface area contributed by atoms with Crippen molar-refractivity contribution in [3.8, 4) is 5.88 Å². The molecule has 1 aromatic carbocycles. The average molecular weight is 267 g/mol. The van der Waals surface area contributed by atoms with Crippen LogP contribution in [0.5, 0.6) is 5.88 Å². The molecule has 0 unspecified atom stereocenters. The molecule has 0 saturated heterocycles. The molecule has 0 aliphatic heterocycles. The first-order valence-electron chi connectivity index (χ1n) is 4.78. The van der Waals surface area contributed by atoms with Crippen LogP contribution in [0, 0.1) is 6.92 Å². The van der Waals surface area contributed by atoms with Gasteiger partial charge in [0.15, 0.2) is 0 Å².